The molecule has 7 aromatic rings. The minimum absolute atomic E-state index is 0.0178. The van der Waals surface area contributed by atoms with Crippen LogP contribution in [0.2, 0.25) is 0 Å². The van der Waals surface area contributed by atoms with Crippen molar-refractivity contribution >= 4 is 43.6 Å². The van der Waals surface area contributed by atoms with Gasteiger partial charge in [-0.25, -0.2) is 0 Å². The Morgan fingerprint density at radius 1 is 0.452 bits per heavy atom. The van der Waals surface area contributed by atoms with Gasteiger partial charge in [0, 0.05) is 44.8 Å². The highest BCUT2D eigenvalue weighted by Gasteiger charge is 2.21. The van der Waals surface area contributed by atoms with Crippen molar-refractivity contribution in [1.29, 1.82) is 0 Å². The van der Waals surface area contributed by atoms with Gasteiger partial charge in [0.1, 0.15) is 0 Å². The SMILES string of the molecule is CC(C)n1c2cc3c(=O)c4cccc(-c5ccccc5)c4n(C(C)C)c3cc2c(=O)c2cccc(-c3ccccc3)c21. The van der Waals surface area contributed by atoms with Gasteiger partial charge in [0.15, 0.2) is 10.9 Å². The lowest BCUT2D eigenvalue weighted by atomic mass is 9.97. The molecule has 0 N–H and O–H groups in total. The highest BCUT2D eigenvalue weighted by molar-refractivity contribution is 6.08. The van der Waals surface area contributed by atoms with Crippen molar-refractivity contribution in [3.63, 3.8) is 0 Å². The molecule has 4 heteroatoms. The largest absolute Gasteiger partial charge is 0.337 e. The van der Waals surface area contributed by atoms with Crippen LogP contribution in [0.15, 0.2) is 119 Å². The van der Waals surface area contributed by atoms with Gasteiger partial charge in [-0.1, -0.05) is 84.9 Å². The Labute approximate surface area is 244 Å². The average molecular weight is 549 g/mol. The fourth-order valence-electron chi connectivity index (χ4n) is 6.62. The second-order valence-electron chi connectivity index (χ2n) is 11.6. The summed E-state index contributed by atoms with van der Waals surface area (Å²) in [7, 11) is 0. The van der Waals surface area contributed by atoms with E-state index in [-0.39, 0.29) is 22.9 Å². The van der Waals surface area contributed by atoms with Gasteiger partial charge in [0.2, 0.25) is 0 Å². The van der Waals surface area contributed by atoms with Crippen LogP contribution in [0, 0.1) is 0 Å². The molecule has 0 amide bonds. The topological polar surface area (TPSA) is 44.0 Å². The lowest BCUT2D eigenvalue weighted by molar-refractivity contribution is 0.637. The van der Waals surface area contributed by atoms with Crippen LogP contribution in [0.4, 0.5) is 0 Å². The molecule has 2 aromatic heterocycles. The number of para-hydroxylation sites is 2. The van der Waals surface area contributed by atoms with Crippen molar-refractivity contribution in [3.05, 3.63) is 130 Å². The number of benzene rings is 5. The maximum atomic E-state index is 14.3. The summed E-state index contributed by atoms with van der Waals surface area (Å²) >= 11 is 0. The van der Waals surface area contributed by atoms with Crippen molar-refractivity contribution < 1.29 is 0 Å². The highest BCUT2D eigenvalue weighted by atomic mass is 16.1. The zero-order valence-electron chi connectivity index (χ0n) is 24.3. The monoisotopic (exact) mass is 548 g/mol. The van der Waals surface area contributed by atoms with E-state index in [0.717, 1.165) is 44.3 Å². The zero-order valence-corrected chi connectivity index (χ0v) is 24.3. The molecule has 0 aliphatic rings. The maximum Gasteiger partial charge on any atom is 0.197 e. The normalized spacial score (nSPS) is 12.0. The van der Waals surface area contributed by atoms with Gasteiger partial charge in [0.25, 0.3) is 0 Å². The van der Waals surface area contributed by atoms with E-state index in [1.807, 2.05) is 72.8 Å². The average Bonchev–Trinajstić information content (AvgIpc) is 3.01. The number of hydrogen-bond acceptors (Lipinski definition) is 2. The lowest BCUT2D eigenvalue weighted by Gasteiger charge is -2.24. The Balaban J connectivity index is 1.70. The van der Waals surface area contributed by atoms with Crippen molar-refractivity contribution in [2.45, 2.75) is 39.8 Å². The third-order valence-corrected chi connectivity index (χ3v) is 8.37. The molecule has 0 radical (unpaired) electrons. The van der Waals surface area contributed by atoms with Crippen molar-refractivity contribution in [2.24, 2.45) is 0 Å². The van der Waals surface area contributed by atoms with E-state index in [1.54, 1.807) is 0 Å². The third kappa shape index (κ3) is 3.82. The molecule has 42 heavy (non-hydrogen) atoms. The molecular weight excluding hydrogens is 516 g/mol. The first-order chi connectivity index (χ1) is 20.4. The molecule has 5 aromatic carbocycles. The van der Waals surface area contributed by atoms with Crippen LogP contribution in [0.3, 0.4) is 0 Å². The van der Waals surface area contributed by atoms with E-state index < -0.39 is 0 Å². The van der Waals surface area contributed by atoms with Crippen molar-refractivity contribution in [1.82, 2.24) is 9.13 Å². The Morgan fingerprint density at radius 3 is 1.19 bits per heavy atom. The predicted octanol–water partition coefficient (Wildman–Crippen LogP) is 9.12. The van der Waals surface area contributed by atoms with Crippen LogP contribution in [-0.4, -0.2) is 9.13 Å². The summed E-state index contributed by atoms with van der Waals surface area (Å²) < 4.78 is 4.47. The van der Waals surface area contributed by atoms with Gasteiger partial charge in [-0.05, 0) is 63.1 Å². The Bertz CT molecular complexity index is 2110. The van der Waals surface area contributed by atoms with Crippen LogP contribution in [0.25, 0.3) is 65.9 Å². The number of aromatic nitrogens is 2. The summed E-state index contributed by atoms with van der Waals surface area (Å²) in [4.78, 5) is 28.6. The van der Waals surface area contributed by atoms with Crippen LogP contribution < -0.4 is 10.9 Å². The number of nitrogens with zero attached hydrogens (tertiary/aromatic N) is 2. The van der Waals surface area contributed by atoms with Crippen molar-refractivity contribution in [3.8, 4) is 22.3 Å². The highest BCUT2D eigenvalue weighted by Crippen LogP contribution is 2.36. The molecule has 0 aliphatic heterocycles. The smallest absolute Gasteiger partial charge is 0.197 e. The second-order valence-corrected chi connectivity index (χ2v) is 11.6. The van der Waals surface area contributed by atoms with Gasteiger partial charge < -0.3 is 9.13 Å². The quantitative estimate of drug-likeness (QED) is 0.206. The van der Waals surface area contributed by atoms with E-state index >= 15 is 0 Å². The Kier molecular flexibility index (Phi) is 6.09. The van der Waals surface area contributed by atoms with Crippen LogP contribution in [-0.2, 0) is 0 Å². The van der Waals surface area contributed by atoms with Crippen LogP contribution in [0.1, 0.15) is 39.8 Å². The zero-order chi connectivity index (χ0) is 29.1. The first kappa shape index (κ1) is 26.0. The molecule has 0 bridgehead atoms. The molecule has 0 atom stereocenters. The lowest BCUT2D eigenvalue weighted by Crippen LogP contribution is -2.17. The molecule has 7 rings (SSSR count). The molecule has 206 valence electrons. The molecule has 0 fully saturated rings. The summed E-state index contributed by atoms with van der Waals surface area (Å²) in [5, 5.41) is 2.61. The molecule has 0 aliphatic carbocycles. The minimum Gasteiger partial charge on any atom is -0.337 e. The van der Waals surface area contributed by atoms with E-state index in [0.29, 0.717) is 21.5 Å². The fraction of sp³-hybridized carbons (Fsp3) is 0.158. The first-order valence-corrected chi connectivity index (χ1v) is 14.6. The van der Waals surface area contributed by atoms with E-state index in [1.165, 1.54) is 0 Å². The molecule has 0 saturated heterocycles. The van der Waals surface area contributed by atoms with Crippen LogP contribution in [0.5, 0.6) is 0 Å². The Morgan fingerprint density at radius 2 is 0.833 bits per heavy atom. The molecule has 2 heterocycles. The van der Waals surface area contributed by atoms with Gasteiger partial charge in [-0.3, -0.25) is 9.59 Å². The maximum absolute atomic E-state index is 14.3. The number of fused-ring (bicyclic) bond motifs is 4. The number of hydrogen-bond donors (Lipinski definition) is 0. The standard InChI is InChI=1S/C38H32N2O2/c1-23(2)39-33-21-32-34(22-31(33)37(41)29-19-11-17-27(35(29)39)25-13-7-5-8-14-25)40(24(3)4)36-28(26-15-9-6-10-16-26)18-12-20-30(36)38(32)42/h5-24H,1-4H3. The molecule has 0 unspecified atom stereocenters. The molecular formula is C38H32N2O2. The van der Waals surface area contributed by atoms with Gasteiger partial charge in [0.05, 0.1) is 22.1 Å². The predicted molar refractivity (Wildman–Crippen MR) is 177 cm³/mol. The first-order valence-electron chi connectivity index (χ1n) is 14.6. The van der Waals surface area contributed by atoms with E-state index in [9.17, 15) is 9.59 Å². The van der Waals surface area contributed by atoms with E-state index in [4.69, 9.17) is 0 Å². The van der Waals surface area contributed by atoms with E-state index in [2.05, 4.69) is 73.2 Å². The summed E-state index contributed by atoms with van der Waals surface area (Å²) in [6, 6.07) is 36.3. The molecule has 0 spiro atoms. The third-order valence-electron chi connectivity index (χ3n) is 8.37. The fourth-order valence-corrected chi connectivity index (χ4v) is 6.62. The summed E-state index contributed by atoms with van der Waals surface area (Å²) in [6.07, 6.45) is 0. The Hall–Kier alpha value is -4.96. The van der Waals surface area contributed by atoms with Gasteiger partial charge in [-0.2, -0.15) is 0 Å². The number of rotatable bonds is 4. The summed E-state index contributed by atoms with van der Waals surface area (Å²) in [5.74, 6) is 0. The second kappa shape index (κ2) is 9.85. The molecule has 4 nitrogen and oxygen atoms in total. The van der Waals surface area contributed by atoms with Crippen LogP contribution >= 0.6 is 0 Å². The van der Waals surface area contributed by atoms with Gasteiger partial charge >= 0.3 is 0 Å². The molecule has 0 saturated carbocycles. The van der Waals surface area contributed by atoms with Gasteiger partial charge in [-0.15, -0.1) is 0 Å². The minimum atomic E-state index is -0.0178. The summed E-state index contributed by atoms with van der Waals surface area (Å²) in [5.41, 5.74) is 7.44. The number of pyridine rings is 2. The van der Waals surface area contributed by atoms with Crippen molar-refractivity contribution in [2.75, 3.05) is 0 Å². The summed E-state index contributed by atoms with van der Waals surface area (Å²) in [6.45, 7) is 8.53.